The Morgan fingerprint density at radius 1 is 1.42 bits per heavy atom. The molecule has 1 aromatic carbocycles. The first-order valence-electron chi connectivity index (χ1n) is 6.08. The third kappa shape index (κ3) is 2.36. The van der Waals surface area contributed by atoms with Crippen molar-refractivity contribution in [2.75, 3.05) is 6.54 Å². The minimum Gasteiger partial charge on any atom is -0.207 e. The van der Waals surface area contributed by atoms with Gasteiger partial charge in [-0.2, -0.15) is 9.57 Å². The molecule has 0 aliphatic carbocycles. The fraction of sp³-hybridized carbons (Fsp3) is 0.462. The lowest BCUT2D eigenvalue weighted by Gasteiger charge is -2.21. The highest BCUT2D eigenvalue weighted by Gasteiger charge is 2.37. The van der Waals surface area contributed by atoms with Gasteiger partial charge in [-0.25, -0.2) is 12.8 Å². The van der Waals surface area contributed by atoms with Crippen LogP contribution in [0, 0.1) is 23.1 Å². The van der Waals surface area contributed by atoms with Gasteiger partial charge in [0.25, 0.3) is 0 Å². The molecular weight excluding hydrogens is 267 g/mol. The van der Waals surface area contributed by atoms with Crippen LogP contribution < -0.4 is 0 Å². The first-order chi connectivity index (χ1) is 8.87. The van der Waals surface area contributed by atoms with E-state index in [0.29, 0.717) is 6.54 Å². The Balaban J connectivity index is 2.53. The Bertz CT molecular complexity index is 637. The molecule has 0 aromatic heterocycles. The predicted octanol–water partition coefficient (Wildman–Crippen LogP) is 2.12. The van der Waals surface area contributed by atoms with Gasteiger partial charge in [-0.1, -0.05) is 13.0 Å². The fourth-order valence-corrected chi connectivity index (χ4v) is 4.47. The highest BCUT2D eigenvalue weighted by Crippen LogP contribution is 2.30. The van der Waals surface area contributed by atoms with Crippen molar-refractivity contribution in [3.05, 3.63) is 29.6 Å². The van der Waals surface area contributed by atoms with Gasteiger partial charge in [0.2, 0.25) is 10.0 Å². The summed E-state index contributed by atoms with van der Waals surface area (Å²) in [6, 6.07) is 5.20. The van der Waals surface area contributed by atoms with E-state index in [1.165, 1.54) is 16.4 Å². The van der Waals surface area contributed by atoms with Gasteiger partial charge < -0.3 is 0 Å². The zero-order valence-electron chi connectivity index (χ0n) is 10.8. The van der Waals surface area contributed by atoms with Crippen LogP contribution in [-0.2, 0) is 10.0 Å². The van der Waals surface area contributed by atoms with Crippen molar-refractivity contribution >= 4 is 10.0 Å². The monoisotopic (exact) mass is 282 g/mol. The molecule has 4 nitrogen and oxygen atoms in total. The number of halogens is 1. The number of benzene rings is 1. The number of nitrogens with zero attached hydrogens (tertiary/aromatic N) is 2. The normalized spacial score (nSPS) is 24.3. The summed E-state index contributed by atoms with van der Waals surface area (Å²) < 4.78 is 40.0. The van der Waals surface area contributed by atoms with Gasteiger partial charge in [-0.05, 0) is 31.4 Å². The third-order valence-electron chi connectivity index (χ3n) is 3.40. The molecular formula is C13H15FN2O2S. The van der Waals surface area contributed by atoms with Gasteiger partial charge in [-0.3, -0.25) is 0 Å². The van der Waals surface area contributed by atoms with Crippen LogP contribution in [0.15, 0.2) is 23.1 Å². The van der Waals surface area contributed by atoms with Crippen LogP contribution >= 0.6 is 0 Å². The maximum absolute atomic E-state index is 13.5. The summed E-state index contributed by atoms with van der Waals surface area (Å²) in [5.41, 5.74) is -0.408. The molecule has 0 bridgehead atoms. The Morgan fingerprint density at radius 3 is 2.63 bits per heavy atom. The lowest BCUT2D eigenvalue weighted by Crippen LogP contribution is -2.34. The average molecular weight is 282 g/mol. The summed E-state index contributed by atoms with van der Waals surface area (Å²) in [6.07, 6.45) is 0.774. The molecule has 0 radical (unpaired) electrons. The van der Waals surface area contributed by atoms with E-state index in [-0.39, 0.29) is 16.9 Å². The van der Waals surface area contributed by atoms with Gasteiger partial charge in [0, 0.05) is 12.6 Å². The molecule has 19 heavy (non-hydrogen) atoms. The van der Waals surface area contributed by atoms with E-state index in [9.17, 15) is 12.8 Å². The largest absolute Gasteiger partial charge is 0.244 e. The Morgan fingerprint density at radius 2 is 2.11 bits per heavy atom. The van der Waals surface area contributed by atoms with Crippen LogP contribution in [0.2, 0.25) is 0 Å². The molecule has 1 fully saturated rings. The molecule has 1 saturated heterocycles. The predicted molar refractivity (Wildman–Crippen MR) is 68.2 cm³/mol. The number of rotatable bonds is 2. The molecule has 2 atom stereocenters. The minimum atomic E-state index is -3.82. The second-order valence-corrected chi connectivity index (χ2v) is 6.85. The number of sulfonamides is 1. The molecule has 0 saturated carbocycles. The van der Waals surface area contributed by atoms with Crippen LogP contribution in [0.5, 0.6) is 0 Å². The molecule has 1 aliphatic heterocycles. The SMILES string of the molecule is CC1CC(C)N(S(=O)(=O)c2cccc(F)c2C#N)C1. The lowest BCUT2D eigenvalue weighted by molar-refractivity contribution is 0.405. The van der Waals surface area contributed by atoms with E-state index >= 15 is 0 Å². The second kappa shape index (κ2) is 4.91. The maximum atomic E-state index is 13.5. The number of hydrogen-bond donors (Lipinski definition) is 0. The third-order valence-corrected chi connectivity index (χ3v) is 5.42. The van der Waals surface area contributed by atoms with E-state index in [0.717, 1.165) is 12.5 Å². The zero-order chi connectivity index (χ0) is 14.2. The lowest BCUT2D eigenvalue weighted by atomic mass is 10.1. The van der Waals surface area contributed by atoms with Crippen LogP contribution in [0.3, 0.4) is 0 Å². The van der Waals surface area contributed by atoms with Crippen molar-refractivity contribution in [3.8, 4) is 6.07 Å². The van der Waals surface area contributed by atoms with Crippen molar-refractivity contribution in [1.29, 1.82) is 5.26 Å². The molecule has 2 unspecified atom stereocenters. The first kappa shape index (κ1) is 14.0. The summed E-state index contributed by atoms with van der Waals surface area (Å²) in [4.78, 5) is -0.240. The number of hydrogen-bond acceptors (Lipinski definition) is 3. The Hall–Kier alpha value is -1.45. The number of nitriles is 1. The molecule has 0 spiro atoms. The van der Waals surface area contributed by atoms with Crippen molar-refractivity contribution in [3.63, 3.8) is 0 Å². The summed E-state index contributed by atoms with van der Waals surface area (Å²) in [5.74, 6) is -0.535. The van der Waals surface area contributed by atoms with E-state index in [1.54, 1.807) is 6.07 Å². The highest BCUT2D eigenvalue weighted by molar-refractivity contribution is 7.89. The van der Waals surface area contributed by atoms with E-state index in [1.807, 2.05) is 13.8 Å². The van der Waals surface area contributed by atoms with Gasteiger partial charge in [0.15, 0.2) is 0 Å². The molecule has 2 rings (SSSR count). The quantitative estimate of drug-likeness (QED) is 0.834. The van der Waals surface area contributed by atoms with Gasteiger partial charge >= 0.3 is 0 Å². The van der Waals surface area contributed by atoms with E-state index < -0.39 is 21.4 Å². The summed E-state index contributed by atoms with van der Waals surface area (Å²) in [5, 5.41) is 8.95. The summed E-state index contributed by atoms with van der Waals surface area (Å²) in [7, 11) is -3.82. The van der Waals surface area contributed by atoms with E-state index in [2.05, 4.69) is 0 Å². The van der Waals surface area contributed by atoms with Crippen molar-refractivity contribution in [2.45, 2.75) is 31.2 Å². The van der Waals surface area contributed by atoms with Crippen molar-refractivity contribution in [2.24, 2.45) is 5.92 Å². The van der Waals surface area contributed by atoms with Crippen LogP contribution in [0.4, 0.5) is 4.39 Å². The molecule has 0 amide bonds. The molecule has 6 heteroatoms. The highest BCUT2D eigenvalue weighted by atomic mass is 32.2. The van der Waals surface area contributed by atoms with Crippen LogP contribution in [0.25, 0.3) is 0 Å². The Kier molecular flexibility index (Phi) is 3.61. The first-order valence-corrected chi connectivity index (χ1v) is 7.52. The fourth-order valence-electron chi connectivity index (χ4n) is 2.55. The average Bonchev–Trinajstić information content (AvgIpc) is 2.68. The zero-order valence-corrected chi connectivity index (χ0v) is 11.6. The van der Waals surface area contributed by atoms with E-state index in [4.69, 9.17) is 5.26 Å². The molecule has 1 aliphatic rings. The molecule has 1 aromatic rings. The van der Waals surface area contributed by atoms with Crippen molar-refractivity contribution in [1.82, 2.24) is 4.31 Å². The smallest absolute Gasteiger partial charge is 0.207 e. The summed E-state index contributed by atoms with van der Waals surface area (Å²) >= 11 is 0. The minimum absolute atomic E-state index is 0.130. The molecule has 0 N–H and O–H groups in total. The van der Waals surface area contributed by atoms with Crippen LogP contribution in [-0.4, -0.2) is 25.3 Å². The Labute approximate surface area is 112 Å². The molecule has 1 heterocycles. The van der Waals surface area contributed by atoms with Gasteiger partial charge in [-0.15, -0.1) is 0 Å². The summed E-state index contributed by atoms with van der Waals surface area (Å²) in [6.45, 7) is 4.21. The van der Waals surface area contributed by atoms with Crippen LogP contribution in [0.1, 0.15) is 25.8 Å². The second-order valence-electron chi connectivity index (χ2n) is 4.99. The maximum Gasteiger partial charge on any atom is 0.244 e. The van der Waals surface area contributed by atoms with Crippen molar-refractivity contribution < 1.29 is 12.8 Å². The van der Waals surface area contributed by atoms with Gasteiger partial charge in [0.05, 0.1) is 0 Å². The van der Waals surface area contributed by atoms with Gasteiger partial charge in [0.1, 0.15) is 22.3 Å². The topological polar surface area (TPSA) is 61.2 Å². The standard InChI is InChI=1S/C13H15FN2O2S/c1-9-6-10(2)16(8-9)19(17,18)13-5-3-4-12(14)11(13)7-15/h3-5,9-10H,6,8H2,1-2H3. The molecule has 102 valence electrons.